The van der Waals surface area contributed by atoms with Crippen molar-refractivity contribution in [3.05, 3.63) is 107 Å². The molecule has 0 bridgehead atoms. The van der Waals surface area contributed by atoms with E-state index in [0.717, 1.165) is 63.4 Å². The quantitative estimate of drug-likeness (QED) is 0.0175. The molecule has 330 valence electrons. The van der Waals surface area contributed by atoms with Crippen molar-refractivity contribution in [3.8, 4) is 23.3 Å². The van der Waals surface area contributed by atoms with Crippen LogP contribution in [0.15, 0.2) is 78.9 Å². The second kappa shape index (κ2) is 21.1. The van der Waals surface area contributed by atoms with Crippen LogP contribution in [0.25, 0.3) is 6.08 Å². The van der Waals surface area contributed by atoms with Gasteiger partial charge in [0.25, 0.3) is 0 Å². The van der Waals surface area contributed by atoms with Crippen LogP contribution in [0.2, 0.25) is 0 Å². The maximum atomic E-state index is 13.3. The molecule has 0 spiro atoms. The number of aromatic amines is 1. The molecular weight excluding hydrogens is 813 g/mol. The molecule has 6 rings (SSSR count). The normalized spacial score (nSPS) is 16.2. The molecular formula is C47H50F4N2O9. The van der Waals surface area contributed by atoms with Gasteiger partial charge in [0.05, 0.1) is 30.4 Å². The molecule has 1 aliphatic carbocycles. The third-order valence-electron chi connectivity index (χ3n) is 11.2. The van der Waals surface area contributed by atoms with Crippen LogP contribution in [-0.2, 0) is 32.0 Å². The summed E-state index contributed by atoms with van der Waals surface area (Å²) in [4.78, 5) is 54.8. The van der Waals surface area contributed by atoms with Gasteiger partial charge in [-0.3, -0.25) is 19.5 Å². The fourth-order valence-corrected chi connectivity index (χ4v) is 7.83. The number of esters is 2. The van der Waals surface area contributed by atoms with Gasteiger partial charge in [-0.2, -0.15) is 0 Å². The molecule has 2 amide bonds. The Morgan fingerprint density at radius 3 is 2.10 bits per heavy atom. The van der Waals surface area contributed by atoms with Gasteiger partial charge in [0.1, 0.15) is 11.5 Å². The number of hydrogen-bond acceptors (Lipinski definition) is 9. The van der Waals surface area contributed by atoms with Crippen molar-refractivity contribution in [3.63, 3.8) is 0 Å². The number of aromatic nitrogens is 1. The summed E-state index contributed by atoms with van der Waals surface area (Å²) in [6.45, 7) is 0.145. The average molecular weight is 863 g/mol. The molecule has 2 heterocycles. The molecule has 2 atom stereocenters. The number of alkyl halides is 4. The Bertz CT molecular complexity index is 2190. The molecule has 15 heteroatoms. The lowest BCUT2D eigenvalue weighted by molar-refractivity contribution is -0.138. The Balaban J connectivity index is 0.778. The van der Waals surface area contributed by atoms with Crippen LogP contribution in [0.3, 0.4) is 0 Å². The van der Waals surface area contributed by atoms with E-state index in [1.165, 1.54) is 35.2 Å². The maximum absolute atomic E-state index is 13.3. The zero-order valence-corrected chi connectivity index (χ0v) is 34.1. The molecule has 2 aliphatic rings. The number of nitrogens with zero attached hydrogens (tertiary/aromatic N) is 1. The van der Waals surface area contributed by atoms with Crippen LogP contribution in [0.4, 0.5) is 23.2 Å². The lowest BCUT2D eigenvalue weighted by atomic mass is 9.84. The number of benzene rings is 3. The first-order valence-electron chi connectivity index (χ1n) is 20.9. The Hall–Kier alpha value is -6.12. The lowest BCUT2D eigenvalue weighted by Crippen LogP contribution is -2.47. The zero-order chi connectivity index (χ0) is 44.2. The molecule has 3 aromatic carbocycles. The summed E-state index contributed by atoms with van der Waals surface area (Å²) in [5, 5.41) is 20.3. The number of H-pyrrole nitrogens is 1. The minimum Gasteiger partial charge on any atom is -0.494 e. The number of unbranched alkanes of at least 4 members (excludes halogenated alkanes) is 7. The number of ether oxygens (including phenoxy) is 3. The predicted octanol–water partition coefficient (Wildman–Crippen LogP) is 9.84. The number of anilines is 1. The van der Waals surface area contributed by atoms with E-state index in [1.54, 1.807) is 30.3 Å². The maximum Gasteiger partial charge on any atom is 0.343 e. The first-order valence-corrected chi connectivity index (χ1v) is 20.9. The van der Waals surface area contributed by atoms with Crippen LogP contribution in [-0.4, -0.2) is 64.5 Å². The van der Waals surface area contributed by atoms with Gasteiger partial charge in [0.2, 0.25) is 11.8 Å². The third-order valence-corrected chi connectivity index (χ3v) is 11.2. The van der Waals surface area contributed by atoms with Crippen molar-refractivity contribution >= 4 is 35.5 Å². The molecule has 2 unspecified atom stereocenters. The number of hydrogen-bond donors (Lipinski definition) is 3. The number of halogens is 4. The van der Waals surface area contributed by atoms with Crippen molar-refractivity contribution in [1.82, 2.24) is 4.98 Å². The fraction of sp³-hybridized carbons (Fsp3) is 0.404. The Labute approximate surface area is 356 Å². The second-order valence-electron chi connectivity index (χ2n) is 15.6. The lowest BCUT2D eigenvalue weighted by Gasteiger charge is -2.33. The molecule has 1 saturated heterocycles. The third kappa shape index (κ3) is 11.8. The number of fused-ring (bicyclic) bond motifs is 3. The van der Waals surface area contributed by atoms with Crippen LogP contribution in [0.5, 0.6) is 23.3 Å². The van der Waals surface area contributed by atoms with Gasteiger partial charge in [-0.1, -0.05) is 62.8 Å². The Morgan fingerprint density at radius 2 is 1.42 bits per heavy atom. The molecule has 1 aliphatic heterocycles. The van der Waals surface area contributed by atoms with Gasteiger partial charge >= 0.3 is 24.3 Å². The monoisotopic (exact) mass is 862 g/mol. The number of amides is 2. The van der Waals surface area contributed by atoms with Crippen molar-refractivity contribution in [2.24, 2.45) is 5.92 Å². The molecule has 3 N–H and O–H groups in total. The van der Waals surface area contributed by atoms with Gasteiger partial charge in [0, 0.05) is 36.0 Å². The number of nitrogens with one attached hydrogen (secondary N) is 1. The fourth-order valence-electron chi connectivity index (χ4n) is 7.83. The summed E-state index contributed by atoms with van der Waals surface area (Å²) in [6, 6.07) is 19.8. The summed E-state index contributed by atoms with van der Waals surface area (Å²) in [5.41, 5.74) is 3.57. The summed E-state index contributed by atoms with van der Waals surface area (Å²) in [5.74, 6) is -6.47. The topological polar surface area (TPSA) is 155 Å². The standard InChI is InChI=1S/C47H50F4N2O9/c48-46(49)47(50,51)25-9-27-60-34-22-16-32(17-23-34)45(59)62-35-20-13-31(14-21-35)15-24-40(55)61-26-8-6-4-2-1-3-5-7-10-30-11-18-33(19-12-30)53-39(54)29-36-37(44(53)58)28-38-41(36)43(57)52-42(38)56/h11-24,36-37,46,52,56-57H,1-10,25-29H2. The summed E-state index contributed by atoms with van der Waals surface area (Å²) in [6.07, 6.45) is 7.45. The molecule has 0 saturated carbocycles. The van der Waals surface area contributed by atoms with Gasteiger partial charge < -0.3 is 24.4 Å². The predicted molar refractivity (Wildman–Crippen MR) is 222 cm³/mol. The van der Waals surface area contributed by atoms with E-state index in [0.29, 0.717) is 34.7 Å². The minimum absolute atomic E-state index is 0.0888. The van der Waals surface area contributed by atoms with Gasteiger partial charge in [-0.05, 0) is 97.8 Å². The summed E-state index contributed by atoms with van der Waals surface area (Å²) in [7, 11) is 0. The molecule has 0 radical (unpaired) electrons. The van der Waals surface area contributed by atoms with Gasteiger partial charge in [-0.15, -0.1) is 0 Å². The minimum atomic E-state index is -4.06. The van der Waals surface area contributed by atoms with Crippen molar-refractivity contribution in [2.75, 3.05) is 18.1 Å². The van der Waals surface area contributed by atoms with E-state index in [-0.39, 0.29) is 60.8 Å². The van der Waals surface area contributed by atoms with Gasteiger partial charge in [0.15, 0.2) is 11.8 Å². The Morgan fingerprint density at radius 1 is 0.774 bits per heavy atom. The highest BCUT2D eigenvalue weighted by molar-refractivity contribution is 6.18. The van der Waals surface area contributed by atoms with Crippen molar-refractivity contribution in [1.29, 1.82) is 0 Å². The largest absolute Gasteiger partial charge is 0.494 e. The molecule has 11 nitrogen and oxygen atoms in total. The van der Waals surface area contributed by atoms with E-state index in [4.69, 9.17) is 14.2 Å². The number of piperidine rings is 1. The van der Waals surface area contributed by atoms with E-state index >= 15 is 0 Å². The van der Waals surface area contributed by atoms with E-state index in [2.05, 4.69) is 4.98 Å². The number of carbonyl (C=O) groups is 4. The first-order chi connectivity index (χ1) is 29.8. The van der Waals surface area contributed by atoms with E-state index in [1.807, 2.05) is 24.3 Å². The highest BCUT2D eigenvalue weighted by Gasteiger charge is 2.49. The highest BCUT2D eigenvalue weighted by atomic mass is 19.3. The highest BCUT2D eigenvalue weighted by Crippen LogP contribution is 2.51. The molecule has 4 aromatic rings. The number of aryl methyl sites for hydroxylation is 1. The number of carbonyl (C=O) groups excluding carboxylic acids is 4. The first kappa shape index (κ1) is 45.4. The Kier molecular flexibility index (Phi) is 15.5. The van der Waals surface area contributed by atoms with Crippen LogP contribution >= 0.6 is 0 Å². The van der Waals surface area contributed by atoms with Crippen molar-refractivity contribution in [2.45, 2.75) is 102 Å². The van der Waals surface area contributed by atoms with Crippen LogP contribution in [0.1, 0.15) is 109 Å². The van der Waals surface area contributed by atoms with E-state index < -0.39 is 42.5 Å². The summed E-state index contributed by atoms with van der Waals surface area (Å²) < 4.78 is 66.5. The average Bonchev–Trinajstić information content (AvgIpc) is 3.78. The number of imide groups is 1. The van der Waals surface area contributed by atoms with Gasteiger partial charge in [-0.25, -0.2) is 27.2 Å². The number of rotatable bonds is 22. The van der Waals surface area contributed by atoms with Crippen LogP contribution in [0, 0.1) is 5.92 Å². The summed E-state index contributed by atoms with van der Waals surface area (Å²) >= 11 is 0. The molecule has 1 fully saturated rings. The smallest absolute Gasteiger partial charge is 0.343 e. The van der Waals surface area contributed by atoms with Crippen LogP contribution < -0.4 is 14.4 Å². The second-order valence-corrected chi connectivity index (χ2v) is 15.6. The SMILES string of the molecule is O=C(C=Cc1ccc(OC(=O)c2ccc(OCCCC(F)(F)C(F)F)cc2)cc1)OCCCCCCCCCCc1ccc(N2C(=O)CC3c4c(O)[nH]c(O)c4CC3C2=O)cc1. The zero-order valence-electron chi connectivity index (χ0n) is 34.1. The number of aromatic hydroxyl groups is 2. The van der Waals surface area contributed by atoms with E-state index in [9.17, 15) is 47.0 Å². The van der Waals surface area contributed by atoms with Crippen molar-refractivity contribution < 1.29 is 61.2 Å². The molecule has 1 aromatic heterocycles. The molecule has 62 heavy (non-hydrogen) atoms.